The number of pyridine rings is 1. The zero-order chi connectivity index (χ0) is 14.1. The molecule has 1 amide bonds. The molecule has 6 nitrogen and oxygen atoms in total. The average Bonchev–Trinajstić information content (AvgIpc) is 2.87. The molecule has 0 spiro atoms. The first-order valence-corrected chi connectivity index (χ1v) is 6.99. The molecule has 22 heavy (non-hydrogen) atoms. The summed E-state index contributed by atoms with van der Waals surface area (Å²) in [4.78, 5) is 18.6. The van der Waals surface area contributed by atoms with Crippen LogP contribution in [0.25, 0.3) is 11.0 Å². The molecule has 0 bridgehead atoms. The number of nitrogens with two attached hydrogens (primary N) is 1. The SMILES string of the molecule is Cc1[nH]nc2ncc(C(=O)N3CCC(CN)CC3)cc12.Cl.Cl. The third kappa shape index (κ3) is 3.51. The van der Waals surface area contributed by atoms with Crippen LogP contribution in [0, 0.1) is 12.8 Å². The Balaban J connectivity index is 0.00000121. The molecule has 2 aromatic heterocycles. The lowest BCUT2D eigenvalue weighted by Crippen LogP contribution is -2.40. The van der Waals surface area contributed by atoms with E-state index in [-0.39, 0.29) is 30.7 Å². The maximum absolute atomic E-state index is 12.5. The number of aromatic amines is 1. The number of H-pyrrole nitrogens is 1. The van der Waals surface area contributed by atoms with Gasteiger partial charge >= 0.3 is 0 Å². The number of nitrogens with one attached hydrogen (secondary N) is 1. The smallest absolute Gasteiger partial charge is 0.255 e. The van der Waals surface area contributed by atoms with Crippen molar-refractivity contribution in [2.45, 2.75) is 19.8 Å². The number of hydrogen-bond donors (Lipinski definition) is 2. The van der Waals surface area contributed by atoms with Crippen molar-refractivity contribution in [3.63, 3.8) is 0 Å². The van der Waals surface area contributed by atoms with Gasteiger partial charge in [-0.2, -0.15) is 5.10 Å². The second kappa shape index (κ2) is 7.76. The standard InChI is InChI=1S/C14H19N5O.2ClH/c1-9-12-6-11(8-16-13(12)18-17-9)14(20)19-4-2-10(7-15)3-5-19;;/h6,8,10H,2-5,7,15H2,1H3,(H,16,17,18);2*1H. The number of nitrogens with zero attached hydrogens (tertiary/aromatic N) is 3. The first-order chi connectivity index (χ1) is 9.69. The number of halogens is 2. The molecule has 3 N–H and O–H groups in total. The van der Waals surface area contributed by atoms with Crippen molar-refractivity contribution in [3.8, 4) is 0 Å². The molecular formula is C14H21Cl2N5O. The lowest BCUT2D eigenvalue weighted by atomic mass is 9.96. The number of carbonyl (C=O) groups is 1. The van der Waals surface area contributed by atoms with Crippen LogP contribution in [0.1, 0.15) is 28.9 Å². The van der Waals surface area contributed by atoms with E-state index in [1.165, 1.54) is 0 Å². The fourth-order valence-electron chi connectivity index (χ4n) is 2.69. The predicted octanol–water partition coefficient (Wildman–Crippen LogP) is 1.92. The molecule has 2 aromatic rings. The average molecular weight is 346 g/mol. The van der Waals surface area contributed by atoms with Crippen LogP contribution < -0.4 is 5.73 Å². The van der Waals surface area contributed by atoms with Crippen molar-refractivity contribution >= 4 is 41.8 Å². The molecule has 3 heterocycles. The molecular weight excluding hydrogens is 325 g/mol. The summed E-state index contributed by atoms with van der Waals surface area (Å²) in [6.45, 7) is 4.20. The summed E-state index contributed by atoms with van der Waals surface area (Å²) in [6.07, 6.45) is 3.59. The maximum Gasteiger partial charge on any atom is 0.255 e. The second-order valence-electron chi connectivity index (χ2n) is 5.42. The fourth-order valence-corrected chi connectivity index (χ4v) is 2.69. The van der Waals surface area contributed by atoms with Gasteiger partial charge in [0, 0.05) is 30.4 Å². The number of amides is 1. The van der Waals surface area contributed by atoms with Crippen LogP contribution in [0.15, 0.2) is 12.3 Å². The lowest BCUT2D eigenvalue weighted by molar-refractivity contribution is 0.0693. The Hall–Kier alpha value is -1.37. The summed E-state index contributed by atoms with van der Waals surface area (Å²) in [5, 5.41) is 7.87. The number of carbonyl (C=O) groups excluding carboxylic acids is 1. The van der Waals surface area contributed by atoms with E-state index in [1.54, 1.807) is 6.20 Å². The minimum atomic E-state index is 0. The number of likely N-dealkylation sites (tertiary alicyclic amines) is 1. The van der Waals surface area contributed by atoms with Gasteiger partial charge in [0.15, 0.2) is 5.65 Å². The third-order valence-electron chi connectivity index (χ3n) is 4.08. The highest BCUT2D eigenvalue weighted by Gasteiger charge is 2.23. The Morgan fingerprint density at radius 1 is 1.41 bits per heavy atom. The summed E-state index contributed by atoms with van der Waals surface area (Å²) >= 11 is 0. The van der Waals surface area contributed by atoms with Gasteiger partial charge in [-0.3, -0.25) is 9.89 Å². The Bertz CT molecular complexity index is 637. The van der Waals surface area contributed by atoms with Crippen molar-refractivity contribution in [1.82, 2.24) is 20.1 Å². The van der Waals surface area contributed by atoms with Crippen molar-refractivity contribution < 1.29 is 4.79 Å². The number of aryl methyl sites for hydroxylation is 1. The van der Waals surface area contributed by atoms with Crippen LogP contribution in [-0.2, 0) is 0 Å². The molecule has 1 aliphatic rings. The molecule has 0 radical (unpaired) electrons. The maximum atomic E-state index is 12.5. The predicted molar refractivity (Wildman–Crippen MR) is 90.8 cm³/mol. The molecule has 1 saturated heterocycles. The monoisotopic (exact) mass is 345 g/mol. The summed E-state index contributed by atoms with van der Waals surface area (Å²) in [5.74, 6) is 0.603. The Kier molecular flexibility index (Phi) is 6.59. The van der Waals surface area contributed by atoms with E-state index < -0.39 is 0 Å². The highest BCUT2D eigenvalue weighted by molar-refractivity contribution is 5.97. The van der Waals surface area contributed by atoms with Gasteiger partial charge in [-0.25, -0.2) is 4.98 Å². The molecule has 3 rings (SSSR count). The first-order valence-electron chi connectivity index (χ1n) is 6.99. The summed E-state index contributed by atoms with van der Waals surface area (Å²) < 4.78 is 0. The summed E-state index contributed by atoms with van der Waals surface area (Å²) in [5.41, 5.74) is 7.90. The van der Waals surface area contributed by atoms with E-state index in [0.29, 0.717) is 23.7 Å². The topological polar surface area (TPSA) is 87.9 Å². The second-order valence-corrected chi connectivity index (χ2v) is 5.42. The molecule has 0 saturated carbocycles. The van der Waals surface area contributed by atoms with E-state index in [1.807, 2.05) is 17.9 Å². The third-order valence-corrected chi connectivity index (χ3v) is 4.08. The summed E-state index contributed by atoms with van der Waals surface area (Å²) in [7, 11) is 0. The minimum absolute atomic E-state index is 0. The molecule has 0 atom stereocenters. The molecule has 0 aromatic carbocycles. The lowest BCUT2D eigenvalue weighted by Gasteiger charge is -2.31. The van der Waals surface area contributed by atoms with Gasteiger partial charge in [-0.1, -0.05) is 0 Å². The molecule has 0 unspecified atom stereocenters. The van der Waals surface area contributed by atoms with Gasteiger partial charge in [0.1, 0.15) is 0 Å². The van der Waals surface area contributed by atoms with Crippen molar-refractivity contribution in [2.75, 3.05) is 19.6 Å². The highest BCUT2D eigenvalue weighted by Crippen LogP contribution is 2.20. The fraction of sp³-hybridized carbons (Fsp3) is 0.500. The van der Waals surface area contributed by atoms with Gasteiger partial charge in [0.05, 0.1) is 5.56 Å². The van der Waals surface area contributed by atoms with Gasteiger partial charge in [0.2, 0.25) is 0 Å². The highest BCUT2D eigenvalue weighted by atomic mass is 35.5. The zero-order valence-electron chi connectivity index (χ0n) is 12.4. The molecule has 8 heteroatoms. The van der Waals surface area contributed by atoms with Crippen molar-refractivity contribution in [1.29, 1.82) is 0 Å². The van der Waals surface area contributed by atoms with E-state index in [0.717, 1.165) is 37.0 Å². The van der Waals surface area contributed by atoms with Crippen LogP contribution in [0.2, 0.25) is 0 Å². The zero-order valence-corrected chi connectivity index (χ0v) is 14.0. The normalized spacial score (nSPS) is 15.3. The van der Waals surface area contributed by atoms with Crippen LogP contribution in [0.5, 0.6) is 0 Å². The van der Waals surface area contributed by atoms with E-state index in [2.05, 4.69) is 15.2 Å². The molecule has 1 aliphatic heterocycles. The van der Waals surface area contributed by atoms with Crippen LogP contribution >= 0.6 is 24.8 Å². The quantitative estimate of drug-likeness (QED) is 0.870. The number of fused-ring (bicyclic) bond motifs is 1. The van der Waals surface area contributed by atoms with E-state index >= 15 is 0 Å². The largest absolute Gasteiger partial charge is 0.339 e. The number of hydrogen-bond acceptors (Lipinski definition) is 4. The molecule has 1 fully saturated rings. The number of piperidine rings is 1. The molecule has 0 aliphatic carbocycles. The van der Waals surface area contributed by atoms with Crippen molar-refractivity contribution in [3.05, 3.63) is 23.5 Å². The van der Waals surface area contributed by atoms with E-state index in [4.69, 9.17) is 5.73 Å². The number of aromatic nitrogens is 3. The van der Waals surface area contributed by atoms with Crippen LogP contribution in [0.4, 0.5) is 0 Å². The summed E-state index contributed by atoms with van der Waals surface area (Å²) in [6, 6.07) is 1.87. The first kappa shape index (κ1) is 18.7. The Morgan fingerprint density at radius 2 is 2.09 bits per heavy atom. The van der Waals surface area contributed by atoms with E-state index in [9.17, 15) is 4.79 Å². The van der Waals surface area contributed by atoms with Crippen LogP contribution in [-0.4, -0.2) is 45.6 Å². The Morgan fingerprint density at radius 3 is 2.73 bits per heavy atom. The van der Waals surface area contributed by atoms with Crippen LogP contribution in [0.3, 0.4) is 0 Å². The van der Waals surface area contributed by atoms with Crippen molar-refractivity contribution in [2.24, 2.45) is 11.7 Å². The van der Waals surface area contributed by atoms with Gasteiger partial charge in [-0.05, 0) is 38.3 Å². The van der Waals surface area contributed by atoms with Gasteiger partial charge < -0.3 is 10.6 Å². The van der Waals surface area contributed by atoms with Gasteiger partial charge in [-0.15, -0.1) is 24.8 Å². The van der Waals surface area contributed by atoms with Gasteiger partial charge in [0.25, 0.3) is 5.91 Å². The molecule has 122 valence electrons. The Labute approximate surface area is 141 Å². The minimum Gasteiger partial charge on any atom is -0.339 e. The number of rotatable bonds is 2.